The predicted molar refractivity (Wildman–Crippen MR) is 62.0 cm³/mol. The summed E-state index contributed by atoms with van der Waals surface area (Å²) in [4.78, 5) is 15.0. The molecule has 0 radical (unpaired) electrons. The quantitative estimate of drug-likeness (QED) is 0.798. The Balaban J connectivity index is 2.69. The fourth-order valence-corrected chi connectivity index (χ4v) is 1.55. The number of nitrogens with one attached hydrogen (secondary N) is 1. The molecule has 4 nitrogen and oxygen atoms in total. The number of nitrogens with zero attached hydrogens (tertiary/aromatic N) is 1. The standard InChI is InChI=1S/C12H18N2O2/c1-8(2)11(12(15)16)14-9(3)10-5-4-6-13-7-10/h4-9,11,14H,1-3H3,(H,15,16)/t9-,11?/m0/s1. The Bertz CT molecular complexity index is 338. The third kappa shape index (κ3) is 3.31. The van der Waals surface area contributed by atoms with Gasteiger partial charge < -0.3 is 5.11 Å². The molecular weight excluding hydrogens is 204 g/mol. The Kier molecular flexibility index (Phi) is 4.43. The average Bonchev–Trinajstić information content (AvgIpc) is 2.25. The highest BCUT2D eigenvalue weighted by molar-refractivity contribution is 5.73. The van der Waals surface area contributed by atoms with Crippen LogP contribution in [0.3, 0.4) is 0 Å². The summed E-state index contributed by atoms with van der Waals surface area (Å²) < 4.78 is 0. The highest BCUT2D eigenvalue weighted by Crippen LogP contribution is 2.13. The first-order valence-corrected chi connectivity index (χ1v) is 5.41. The fraction of sp³-hybridized carbons (Fsp3) is 0.500. The van der Waals surface area contributed by atoms with Crippen LogP contribution in [-0.4, -0.2) is 22.1 Å². The van der Waals surface area contributed by atoms with Crippen molar-refractivity contribution in [1.29, 1.82) is 0 Å². The molecule has 0 saturated carbocycles. The summed E-state index contributed by atoms with van der Waals surface area (Å²) in [5.41, 5.74) is 0.995. The molecule has 4 heteroatoms. The van der Waals surface area contributed by atoms with E-state index in [-0.39, 0.29) is 12.0 Å². The van der Waals surface area contributed by atoms with Crippen LogP contribution in [0.1, 0.15) is 32.4 Å². The van der Waals surface area contributed by atoms with E-state index in [0.29, 0.717) is 0 Å². The second kappa shape index (κ2) is 5.61. The fourth-order valence-electron chi connectivity index (χ4n) is 1.55. The minimum Gasteiger partial charge on any atom is -0.480 e. The minimum atomic E-state index is -0.814. The van der Waals surface area contributed by atoms with E-state index >= 15 is 0 Å². The zero-order valence-corrected chi connectivity index (χ0v) is 9.84. The number of aromatic nitrogens is 1. The first-order chi connectivity index (χ1) is 7.52. The van der Waals surface area contributed by atoms with Gasteiger partial charge in [0.1, 0.15) is 6.04 Å². The molecule has 1 heterocycles. The summed E-state index contributed by atoms with van der Waals surface area (Å²) in [6.07, 6.45) is 3.45. The second-order valence-corrected chi connectivity index (χ2v) is 4.23. The molecule has 0 aliphatic carbocycles. The lowest BCUT2D eigenvalue weighted by molar-refractivity contribution is -0.140. The Labute approximate surface area is 95.7 Å². The number of hydrogen-bond donors (Lipinski definition) is 2. The van der Waals surface area contributed by atoms with E-state index in [2.05, 4.69) is 10.3 Å². The molecule has 0 bridgehead atoms. The van der Waals surface area contributed by atoms with Crippen molar-refractivity contribution in [3.8, 4) is 0 Å². The molecule has 1 unspecified atom stereocenters. The van der Waals surface area contributed by atoms with Crippen molar-refractivity contribution in [2.24, 2.45) is 5.92 Å². The molecule has 0 spiro atoms. The molecule has 2 atom stereocenters. The van der Waals surface area contributed by atoms with Crippen molar-refractivity contribution in [1.82, 2.24) is 10.3 Å². The Hall–Kier alpha value is -1.42. The van der Waals surface area contributed by atoms with E-state index in [9.17, 15) is 4.79 Å². The van der Waals surface area contributed by atoms with E-state index < -0.39 is 12.0 Å². The van der Waals surface area contributed by atoms with Crippen LogP contribution < -0.4 is 5.32 Å². The lowest BCUT2D eigenvalue weighted by atomic mass is 10.0. The van der Waals surface area contributed by atoms with Gasteiger partial charge in [0.25, 0.3) is 0 Å². The molecule has 0 saturated heterocycles. The van der Waals surface area contributed by atoms with Crippen molar-refractivity contribution >= 4 is 5.97 Å². The molecule has 1 rings (SSSR count). The van der Waals surface area contributed by atoms with Crippen molar-refractivity contribution in [2.45, 2.75) is 32.9 Å². The Morgan fingerprint density at radius 3 is 2.56 bits per heavy atom. The van der Waals surface area contributed by atoms with E-state index in [1.165, 1.54) is 0 Å². The Morgan fingerprint density at radius 2 is 2.12 bits per heavy atom. The molecule has 0 aliphatic heterocycles. The van der Waals surface area contributed by atoms with Crippen LogP contribution in [0, 0.1) is 5.92 Å². The van der Waals surface area contributed by atoms with Crippen LogP contribution in [0.15, 0.2) is 24.5 Å². The van der Waals surface area contributed by atoms with E-state index in [1.54, 1.807) is 12.4 Å². The van der Waals surface area contributed by atoms with Gasteiger partial charge in [-0.3, -0.25) is 15.1 Å². The third-order valence-electron chi connectivity index (χ3n) is 2.55. The van der Waals surface area contributed by atoms with Gasteiger partial charge in [0.2, 0.25) is 0 Å². The maximum Gasteiger partial charge on any atom is 0.320 e. The summed E-state index contributed by atoms with van der Waals surface area (Å²) in [6.45, 7) is 5.72. The van der Waals surface area contributed by atoms with Gasteiger partial charge in [0, 0.05) is 18.4 Å². The molecule has 2 N–H and O–H groups in total. The molecule has 88 valence electrons. The summed E-state index contributed by atoms with van der Waals surface area (Å²) in [5, 5.41) is 12.2. The maximum atomic E-state index is 11.0. The predicted octanol–water partition coefficient (Wildman–Crippen LogP) is 1.84. The molecule has 0 aromatic carbocycles. The smallest absolute Gasteiger partial charge is 0.320 e. The van der Waals surface area contributed by atoms with Gasteiger partial charge in [-0.15, -0.1) is 0 Å². The SMILES string of the molecule is CC(C)C(N[C@@H](C)c1cccnc1)C(=O)O. The summed E-state index contributed by atoms with van der Waals surface area (Å²) >= 11 is 0. The number of hydrogen-bond acceptors (Lipinski definition) is 3. The molecular formula is C12H18N2O2. The van der Waals surface area contributed by atoms with Crippen LogP contribution in [0.2, 0.25) is 0 Å². The summed E-state index contributed by atoms with van der Waals surface area (Å²) in [6, 6.07) is 3.23. The number of aliphatic carboxylic acids is 1. The first-order valence-electron chi connectivity index (χ1n) is 5.41. The lowest BCUT2D eigenvalue weighted by Gasteiger charge is -2.22. The van der Waals surface area contributed by atoms with Crippen molar-refractivity contribution in [3.63, 3.8) is 0 Å². The highest BCUT2D eigenvalue weighted by atomic mass is 16.4. The highest BCUT2D eigenvalue weighted by Gasteiger charge is 2.23. The summed E-state index contributed by atoms with van der Waals surface area (Å²) in [7, 11) is 0. The number of rotatable bonds is 5. The Morgan fingerprint density at radius 1 is 1.44 bits per heavy atom. The molecule has 0 aliphatic rings. The van der Waals surface area contributed by atoms with E-state index in [1.807, 2.05) is 32.9 Å². The number of pyridine rings is 1. The van der Waals surface area contributed by atoms with Crippen LogP contribution in [0.4, 0.5) is 0 Å². The van der Waals surface area contributed by atoms with Gasteiger partial charge in [-0.1, -0.05) is 19.9 Å². The van der Waals surface area contributed by atoms with Gasteiger partial charge in [-0.2, -0.15) is 0 Å². The number of carbonyl (C=O) groups is 1. The zero-order chi connectivity index (χ0) is 12.1. The van der Waals surface area contributed by atoms with Crippen molar-refractivity contribution in [3.05, 3.63) is 30.1 Å². The first kappa shape index (κ1) is 12.6. The molecule has 0 fully saturated rings. The van der Waals surface area contributed by atoms with Crippen molar-refractivity contribution < 1.29 is 9.90 Å². The third-order valence-corrected chi connectivity index (χ3v) is 2.55. The molecule has 1 aromatic heterocycles. The van der Waals surface area contributed by atoms with Gasteiger partial charge in [0.15, 0.2) is 0 Å². The van der Waals surface area contributed by atoms with E-state index in [0.717, 1.165) is 5.56 Å². The number of carboxylic acid groups (broad SMARTS) is 1. The number of carboxylic acids is 1. The van der Waals surface area contributed by atoms with Crippen LogP contribution >= 0.6 is 0 Å². The average molecular weight is 222 g/mol. The zero-order valence-electron chi connectivity index (χ0n) is 9.84. The summed E-state index contributed by atoms with van der Waals surface area (Å²) in [5.74, 6) is -0.762. The molecule has 16 heavy (non-hydrogen) atoms. The normalized spacial score (nSPS) is 14.8. The van der Waals surface area contributed by atoms with Crippen LogP contribution in [0.25, 0.3) is 0 Å². The molecule has 0 amide bonds. The van der Waals surface area contributed by atoms with Gasteiger partial charge in [-0.05, 0) is 24.5 Å². The van der Waals surface area contributed by atoms with Crippen LogP contribution in [0.5, 0.6) is 0 Å². The van der Waals surface area contributed by atoms with Gasteiger partial charge in [-0.25, -0.2) is 0 Å². The van der Waals surface area contributed by atoms with E-state index in [4.69, 9.17) is 5.11 Å². The monoisotopic (exact) mass is 222 g/mol. The van der Waals surface area contributed by atoms with Crippen LogP contribution in [-0.2, 0) is 4.79 Å². The largest absolute Gasteiger partial charge is 0.480 e. The second-order valence-electron chi connectivity index (χ2n) is 4.23. The van der Waals surface area contributed by atoms with Gasteiger partial charge >= 0.3 is 5.97 Å². The minimum absolute atomic E-state index is 0.0165. The maximum absolute atomic E-state index is 11.0. The van der Waals surface area contributed by atoms with Crippen molar-refractivity contribution in [2.75, 3.05) is 0 Å². The molecule has 1 aromatic rings. The lowest BCUT2D eigenvalue weighted by Crippen LogP contribution is -2.42. The topological polar surface area (TPSA) is 62.2 Å². The van der Waals surface area contributed by atoms with Gasteiger partial charge in [0.05, 0.1) is 0 Å².